The van der Waals surface area contributed by atoms with E-state index in [2.05, 4.69) is 5.10 Å². The number of halogens is 2. The summed E-state index contributed by atoms with van der Waals surface area (Å²) in [6.07, 6.45) is 1.00. The van der Waals surface area contributed by atoms with Gasteiger partial charge in [-0.1, -0.05) is 11.6 Å². The molecule has 88 valence electrons. The summed E-state index contributed by atoms with van der Waals surface area (Å²) >= 11 is 5.52. The van der Waals surface area contributed by atoms with Crippen molar-refractivity contribution in [3.63, 3.8) is 0 Å². The van der Waals surface area contributed by atoms with Crippen LogP contribution in [-0.2, 0) is 0 Å². The molecule has 0 aliphatic heterocycles. The van der Waals surface area contributed by atoms with E-state index >= 15 is 0 Å². The van der Waals surface area contributed by atoms with E-state index in [-0.39, 0.29) is 22.2 Å². The highest BCUT2D eigenvalue weighted by Crippen LogP contribution is 2.25. The number of nitrogen functional groups attached to an aromatic ring is 1. The predicted octanol–water partition coefficient (Wildman–Crippen LogP) is 2.16. The number of hydrogen-bond donors (Lipinski definition) is 1. The second kappa shape index (κ2) is 4.02. The van der Waals surface area contributed by atoms with Crippen molar-refractivity contribution >= 4 is 23.1 Å². The largest absolute Gasteiger partial charge is 0.378 e. The molecule has 8 heteroatoms. The quantitative estimate of drug-likeness (QED) is 0.659. The maximum atomic E-state index is 13.2. The predicted molar refractivity (Wildman–Crippen MR) is 59.6 cm³/mol. The van der Waals surface area contributed by atoms with Gasteiger partial charge in [0.1, 0.15) is 12.0 Å². The van der Waals surface area contributed by atoms with Gasteiger partial charge in [0.2, 0.25) is 5.82 Å². The Hall–Kier alpha value is -2.15. The first-order valence-corrected chi connectivity index (χ1v) is 4.82. The molecule has 0 unspecified atom stereocenters. The lowest BCUT2D eigenvalue weighted by molar-refractivity contribution is -0.383. The van der Waals surface area contributed by atoms with Crippen molar-refractivity contribution in [1.82, 2.24) is 9.78 Å². The Labute approximate surface area is 99.6 Å². The second-order valence-corrected chi connectivity index (χ2v) is 3.59. The highest BCUT2D eigenvalue weighted by molar-refractivity contribution is 6.30. The molecule has 2 N–H and O–H groups in total. The maximum absolute atomic E-state index is 13.2. The number of nitrogens with zero attached hydrogens (tertiary/aromatic N) is 3. The summed E-state index contributed by atoms with van der Waals surface area (Å²) in [5.41, 5.74) is 5.46. The summed E-state index contributed by atoms with van der Waals surface area (Å²) < 4.78 is 14.3. The normalized spacial score (nSPS) is 10.5. The highest BCUT2D eigenvalue weighted by atomic mass is 35.5. The van der Waals surface area contributed by atoms with E-state index in [0.29, 0.717) is 0 Å². The zero-order chi connectivity index (χ0) is 12.6. The van der Waals surface area contributed by atoms with Crippen LogP contribution in [0.5, 0.6) is 0 Å². The maximum Gasteiger partial charge on any atom is 0.331 e. The van der Waals surface area contributed by atoms with Crippen molar-refractivity contribution in [2.45, 2.75) is 0 Å². The Balaban J connectivity index is 2.53. The fraction of sp³-hybridized carbons (Fsp3) is 0. The van der Waals surface area contributed by atoms with Gasteiger partial charge >= 0.3 is 5.69 Å². The van der Waals surface area contributed by atoms with Crippen molar-refractivity contribution in [3.8, 4) is 5.69 Å². The molecule has 0 atom stereocenters. The van der Waals surface area contributed by atoms with Crippen LogP contribution in [0.25, 0.3) is 5.69 Å². The van der Waals surface area contributed by atoms with Gasteiger partial charge in [-0.25, -0.2) is 9.07 Å². The summed E-state index contributed by atoms with van der Waals surface area (Å²) in [5, 5.41) is 14.2. The fourth-order valence-corrected chi connectivity index (χ4v) is 1.43. The van der Waals surface area contributed by atoms with E-state index in [1.165, 1.54) is 12.1 Å². The Morgan fingerprint density at radius 3 is 2.76 bits per heavy atom. The van der Waals surface area contributed by atoms with Crippen molar-refractivity contribution < 1.29 is 9.31 Å². The average Bonchev–Trinajstić information content (AvgIpc) is 2.64. The molecule has 0 saturated carbocycles. The molecule has 6 nitrogen and oxygen atoms in total. The van der Waals surface area contributed by atoms with Crippen LogP contribution in [0, 0.1) is 15.9 Å². The summed E-state index contributed by atoms with van der Waals surface area (Å²) in [7, 11) is 0. The van der Waals surface area contributed by atoms with Gasteiger partial charge in [0.15, 0.2) is 0 Å². The summed E-state index contributed by atoms with van der Waals surface area (Å²) in [6, 6.07) is 3.87. The highest BCUT2D eigenvalue weighted by Gasteiger charge is 2.18. The van der Waals surface area contributed by atoms with Crippen LogP contribution in [0.15, 0.2) is 24.4 Å². The molecule has 0 bridgehead atoms. The van der Waals surface area contributed by atoms with Crippen LogP contribution in [0.4, 0.5) is 15.9 Å². The number of rotatable bonds is 2. The van der Waals surface area contributed by atoms with E-state index < -0.39 is 10.7 Å². The number of nitrogens with two attached hydrogens (primary N) is 1. The average molecular weight is 257 g/mol. The third kappa shape index (κ3) is 1.92. The third-order valence-electron chi connectivity index (χ3n) is 2.13. The summed E-state index contributed by atoms with van der Waals surface area (Å²) in [4.78, 5) is 9.90. The molecule has 17 heavy (non-hydrogen) atoms. The van der Waals surface area contributed by atoms with Crippen molar-refractivity contribution in [3.05, 3.63) is 45.4 Å². The molecule has 0 aliphatic rings. The fourth-order valence-electron chi connectivity index (χ4n) is 1.31. The van der Waals surface area contributed by atoms with Gasteiger partial charge < -0.3 is 5.73 Å². The Bertz CT molecular complexity index is 599. The van der Waals surface area contributed by atoms with Crippen LogP contribution < -0.4 is 5.73 Å². The van der Waals surface area contributed by atoms with E-state index in [1.807, 2.05) is 0 Å². The Kier molecular flexibility index (Phi) is 2.68. The zero-order valence-electron chi connectivity index (χ0n) is 8.30. The van der Waals surface area contributed by atoms with Crippen LogP contribution in [0.2, 0.25) is 5.02 Å². The lowest BCUT2D eigenvalue weighted by Gasteiger charge is -2.03. The number of anilines is 1. The Morgan fingerprint density at radius 2 is 2.24 bits per heavy atom. The lowest BCUT2D eigenvalue weighted by atomic mass is 10.3. The molecular formula is C9H6ClFN4O2. The van der Waals surface area contributed by atoms with Crippen molar-refractivity contribution in [2.75, 3.05) is 5.73 Å². The molecule has 0 radical (unpaired) electrons. The molecule has 1 heterocycles. The number of nitro groups is 1. The standard InChI is InChI=1S/C9H6ClFN4O2/c10-6-2-1-5(3-7(6)11)14-9(12)8(4-13-14)15(16)17/h1-4H,12H2. The molecular weight excluding hydrogens is 251 g/mol. The van der Waals surface area contributed by atoms with E-state index in [4.69, 9.17) is 17.3 Å². The first-order chi connectivity index (χ1) is 8.00. The minimum Gasteiger partial charge on any atom is -0.378 e. The molecule has 0 fully saturated rings. The topological polar surface area (TPSA) is 87.0 Å². The molecule has 2 aromatic rings. The van der Waals surface area contributed by atoms with Gasteiger partial charge in [-0.05, 0) is 12.1 Å². The molecule has 1 aromatic carbocycles. The lowest BCUT2D eigenvalue weighted by Crippen LogP contribution is -2.03. The summed E-state index contributed by atoms with van der Waals surface area (Å²) in [6.45, 7) is 0. The van der Waals surface area contributed by atoms with Gasteiger partial charge in [0.05, 0.1) is 15.6 Å². The minimum atomic E-state index is -0.662. The van der Waals surface area contributed by atoms with E-state index in [1.54, 1.807) is 0 Å². The second-order valence-electron chi connectivity index (χ2n) is 3.18. The SMILES string of the molecule is Nc1c([N+](=O)[O-])cnn1-c1ccc(Cl)c(F)c1. The molecule has 1 aromatic heterocycles. The van der Waals surface area contributed by atoms with Gasteiger partial charge in [0.25, 0.3) is 0 Å². The number of hydrogen-bond acceptors (Lipinski definition) is 4. The van der Waals surface area contributed by atoms with Gasteiger partial charge in [-0.2, -0.15) is 5.10 Å². The first-order valence-electron chi connectivity index (χ1n) is 4.44. The zero-order valence-corrected chi connectivity index (χ0v) is 9.06. The molecule has 0 spiro atoms. The van der Waals surface area contributed by atoms with Gasteiger partial charge in [-0.15, -0.1) is 0 Å². The minimum absolute atomic E-state index is 0.0472. The third-order valence-corrected chi connectivity index (χ3v) is 2.44. The summed E-state index contributed by atoms with van der Waals surface area (Å²) in [5.74, 6) is -0.821. The monoisotopic (exact) mass is 256 g/mol. The molecule has 0 amide bonds. The molecule has 0 saturated heterocycles. The molecule has 0 aliphatic carbocycles. The van der Waals surface area contributed by atoms with Gasteiger partial charge in [0, 0.05) is 6.07 Å². The van der Waals surface area contributed by atoms with E-state index in [9.17, 15) is 14.5 Å². The van der Waals surface area contributed by atoms with Gasteiger partial charge in [-0.3, -0.25) is 10.1 Å². The van der Waals surface area contributed by atoms with Crippen molar-refractivity contribution in [1.29, 1.82) is 0 Å². The van der Waals surface area contributed by atoms with Crippen LogP contribution in [0.3, 0.4) is 0 Å². The number of aromatic nitrogens is 2. The van der Waals surface area contributed by atoms with Crippen LogP contribution in [-0.4, -0.2) is 14.7 Å². The smallest absolute Gasteiger partial charge is 0.331 e. The first kappa shape index (κ1) is 11.3. The van der Waals surface area contributed by atoms with Crippen molar-refractivity contribution in [2.24, 2.45) is 0 Å². The van der Waals surface area contributed by atoms with E-state index in [0.717, 1.165) is 16.9 Å². The Morgan fingerprint density at radius 1 is 1.53 bits per heavy atom. The molecule has 2 rings (SSSR count). The number of benzene rings is 1. The van der Waals surface area contributed by atoms with Crippen LogP contribution >= 0.6 is 11.6 Å². The van der Waals surface area contributed by atoms with Crippen LogP contribution in [0.1, 0.15) is 0 Å².